The van der Waals surface area contributed by atoms with E-state index in [9.17, 15) is 4.79 Å². The molecule has 0 spiro atoms. The maximum Gasteiger partial charge on any atom is 0.236 e. The van der Waals surface area contributed by atoms with E-state index in [1.54, 1.807) is 0 Å². The Morgan fingerprint density at radius 3 is 2.60 bits per heavy atom. The van der Waals surface area contributed by atoms with E-state index in [-0.39, 0.29) is 11.9 Å². The molecule has 112 valence electrons. The lowest BCUT2D eigenvalue weighted by Gasteiger charge is -2.27. The lowest BCUT2D eigenvalue weighted by atomic mass is 10.0. The van der Waals surface area contributed by atoms with Gasteiger partial charge in [0.05, 0.1) is 12.2 Å². The van der Waals surface area contributed by atoms with Gasteiger partial charge in [-0.1, -0.05) is 12.1 Å². The predicted octanol–water partition coefficient (Wildman–Crippen LogP) is 2.34. The molecule has 1 unspecified atom stereocenters. The summed E-state index contributed by atoms with van der Waals surface area (Å²) in [7, 11) is 0. The first-order valence-corrected chi connectivity index (χ1v) is 7.57. The van der Waals surface area contributed by atoms with Crippen LogP contribution in [0.15, 0.2) is 4.52 Å². The number of carbonyl (C=O) groups excluding carboxylic acids is 1. The molecule has 0 radical (unpaired) electrons. The van der Waals surface area contributed by atoms with E-state index in [4.69, 9.17) is 4.52 Å². The number of nitrogens with one attached hydrogen (secondary N) is 1. The zero-order valence-electron chi connectivity index (χ0n) is 12.7. The van der Waals surface area contributed by atoms with Crippen LogP contribution in [-0.4, -0.2) is 35.6 Å². The van der Waals surface area contributed by atoms with E-state index < -0.39 is 0 Å². The molecule has 5 heteroatoms. The lowest BCUT2D eigenvalue weighted by Crippen LogP contribution is -2.42. The summed E-state index contributed by atoms with van der Waals surface area (Å²) in [5, 5.41) is 7.35. The smallest absolute Gasteiger partial charge is 0.236 e. The highest BCUT2D eigenvalue weighted by atomic mass is 16.5. The van der Waals surface area contributed by atoms with Crippen LogP contribution in [0, 0.1) is 13.8 Å². The minimum absolute atomic E-state index is 0.134. The van der Waals surface area contributed by atoms with Crippen molar-refractivity contribution in [3.05, 3.63) is 17.0 Å². The molecule has 1 aromatic rings. The highest BCUT2D eigenvalue weighted by Crippen LogP contribution is 2.23. The Labute approximate surface area is 120 Å². The van der Waals surface area contributed by atoms with Gasteiger partial charge in [-0.3, -0.25) is 4.79 Å². The van der Waals surface area contributed by atoms with Crippen LogP contribution in [0.3, 0.4) is 0 Å². The van der Waals surface area contributed by atoms with Crippen molar-refractivity contribution in [3.8, 4) is 0 Å². The van der Waals surface area contributed by atoms with Gasteiger partial charge in [-0.25, -0.2) is 0 Å². The number of amides is 1. The first-order valence-electron chi connectivity index (χ1n) is 7.57. The molecule has 1 aromatic heterocycles. The number of hydrogen-bond acceptors (Lipinski definition) is 4. The molecular weight excluding hydrogens is 254 g/mol. The molecule has 0 saturated carbocycles. The van der Waals surface area contributed by atoms with Gasteiger partial charge in [0.1, 0.15) is 5.76 Å². The van der Waals surface area contributed by atoms with Crippen LogP contribution in [0.4, 0.5) is 0 Å². The summed E-state index contributed by atoms with van der Waals surface area (Å²) in [5.41, 5.74) is 2.01. The molecule has 1 N–H and O–H groups in total. The fourth-order valence-electron chi connectivity index (χ4n) is 2.90. The van der Waals surface area contributed by atoms with E-state index in [0.717, 1.165) is 49.4 Å². The van der Waals surface area contributed by atoms with E-state index >= 15 is 0 Å². The Hall–Kier alpha value is -1.36. The summed E-state index contributed by atoms with van der Waals surface area (Å²) in [6.45, 7) is 8.18. The summed E-state index contributed by atoms with van der Waals surface area (Å²) >= 11 is 0. The molecule has 20 heavy (non-hydrogen) atoms. The van der Waals surface area contributed by atoms with Crippen LogP contribution >= 0.6 is 0 Å². The quantitative estimate of drug-likeness (QED) is 0.899. The topological polar surface area (TPSA) is 58.4 Å². The van der Waals surface area contributed by atoms with Gasteiger partial charge in [0.2, 0.25) is 5.91 Å². The Morgan fingerprint density at radius 1 is 1.35 bits per heavy atom. The third kappa shape index (κ3) is 3.39. The van der Waals surface area contributed by atoms with Gasteiger partial charge in [-0.2, -0.15) is 0 Å². The second-order valence-electron chi connectivity index (χ2n) is 5.52. The minimum Gasteiger partial charge on any atom is -0.361 e. The number of likely N-dealkylation sites (tertiary alicyclic amines) is 1. The summed E-state index contributed by atoms with van der Waals surface area (Å²) in [5.74, 6) is 1.04. The highest BCUT2D eigenvalue weighted by molar-refractivity contribution is 5.78. The number of aromatic nitrogens is 1. The standard InChI is InChI=1S/C15H25N3O2/c1-4-13(15-11(2)17-20-12(15)3)16-10-14(19)18-8-6-5-7-9-18/h13,16H,4-10H2,1-3H3. The molecule has 2 rings (SSSR count). The van der Waals surface area contributed by atoms with E-state index in [1.807, 2.05) is 18.7 Å². The Kier molecular flexibility index (Phi) is 5.17. The summed E-state index contributed by atoms with van der Waals surface area (Å²) in [6.07, 6.45) is 4.42. The molecule has 5 nitrogen and oxygen atoms in total. The monoisotopic (exact) mass is 279 g/mol. The molecule has 1 aliphatic heterocycles. The number of rotatable bonds is 5. The molecule has 1 saturated heterocycles. The van der Waals surface area contributed by atoms with Crippen molar-refractivity contribution in [2.24, 2.45) is 0 Å². The van der Waals surface area contributed by atoms with Gasteiger partial charge >= 0.3 is 0 Å². The normalized spacial score (nSPS) is 17.2. The van der Waals surface area contributed by atoms with Crippen LogP contribution in [-0.2, 0) is 4.79 Å². The van der Waals surface area contributed by atoms with Crippen LogP contribution in [0.1, 0.15) is 55.7 Å². The van der Waals surface area contributed by atoms with Crippen molar-refractivity contribution in [3.63, 3.8) is 0 Å². The zero-order valence-corrected chi connectivity index (χ0v) is 12.7. The number of aryl methyl sites for hydroxylation is 2. The molecule has 1 atom stereocenters. The fraction of sp³-hybridized carbons (Fsp3) is 0.733. The van der Waals surface area contributed by atoms with Crippen LogP contribution in [0.5, 0.6) is 0 Å². The summed E-state index contributed by atoms with van der Waals surface area (Å²) < 4.78 is 5.22. The van der Waals surface area contributed by atoms with Crippen molar-refractivity contribution in [1.29, 1.82) is 0 Å². The van der Waals surface area contributed by atoms with E-state index in [2.05, 4.69) is 17.4 Å². The van der Waals surface area contributed by atoms with Crippen molar-refractivity contribution >= 4 is 5.91 Å². The summed E-state index contributed by atoms with van der Waals surface area (Å²) in [6, 6.07) is 0.134. The number of hydrogen-bond donors (Lipinski definition) is 1. The van der Waals surface area contributed by atoms with Crippen LogP contribution in [0.2, 0.25) is 0 Å². The Balaban J connectivity index is 1.92. The van der Waals surface area contributed by atoms with Crippen molar-refractivity contribution in [1.82, 2.24) is 15.4 Å². The number of piperidine rings is 1. The summed E-state index contributed by atoms with van der Waals surface area (Å²) in [4.78, 5) is 14.2. The average molecular weight is 279 g/mol. The lowest BCUT2D eigenvalue weighted by molar-refractivity contribution is -0.131. The zero-order chi connectivity index (χ0) is 14.5. The van der Waals surface area contributed by atoms with Crippen LogP contribution < -0.4 is 5.32 Å². The third-order valence-corrected chi connectivity index (χ3v) is 4.05. The maximum atomic E-state index is 12.2. The number of carbonyl (C=O) groups is 1. The van der Waals surface area contributed by atoms with E-state index in [0.29, 0.717) is 6.54 Å². The highest BCUT2D eigenvalue weighted by Gasteiger charge is 2.21. The number of nitrogens with zero attached hydrogens (tertiary/aromatic N) is 2. The Bertz CT molecular complexity index is 430. The first kappa shape index (κ1) is 15.0. The second-order valence-corrected chi connectivity index (χ2v) is 5.52. The van der Waals surface area contributed by atoms with Gasteiger partial charge in [0.25, 0.3) is 0 Å². The average Bonchev–Trinajstić information content (AvgIpc) is 2.81. The van der Waals surface area contributed by atoms with Crippen LogP contribution in [0.25, 0.3) is 0 Å². The Morgan fingerprint density at radius 2 is 2.05 bits per heavy atom. The first-order chi connectivity index (χ1) is 9.63. The molecule has 0 aliphatic carbocycles. The van der Waals surface area contributed by atoms with Gasteiger partial charge in [0.15, 0.2) is 0 Å². The second kappa shape index (κ2) is 6.88. The van der Waals surface area contributed by atoms with Gasteiger partial charge in [-0.05, 0) is 39.5 Å². The third-order valence-electron chi connectivity index (χ3n) is 4.05. The fourth-order valence-corrected chi connectivity index (χ4v) is 2.90. The van der Waals surface area contributed by atoms with Gasteiger partial charge in [-0.15, -0.1) is 0 Å². The molecule has 2 heterocycles. The SMILES string of the molecule is CCC(NCC(=O)N1CCCCC1)c1c(C)noc1C. The molecule has 1 fully saturated rings. The molecule has 0 aromatic carbocycles. The van der Waals surface area contributed by atoms with Gasteiger partial charge < -0.3 is 14.7 Å². The molecule has 1 amide bonds. The molecular formula is C15H25N3O2. The van der Waals surface area contributed by atoms with Crippen molar-refractivity contribution in [2.75, 3.05) is 19.6 Å². The maximum absolute atomic E-state index is 12.2. The largest absolute Gasteiger partial charge is 0.361 e. The molecule has 0 bridgehead atoms. The van der Waals surface area contributed by atoms with Crippen molar-refractivity contribution in [2.45, 2.75) is 52.5 Å². The van der Waals surface area contributed by atoms with Crippen molar-refractivity contribution < 1.29 is 9.32 Å². The van der Waals surface area contributed by atoms with Gasteiger partial charge in [0, 0.05) is 24.7 Å². The molecule has 1 aliphatic rings. The van der Waals surface area contributed by atoms with E-state index in [1.165, 1.54) is 6.42 Å². The predicted molar refractivity (Wildman–Crippen MR) is 77.4 cm³/mol. The minimum atomic E-state index is 0.134.